The molecule has 21 heavy (non-hydrogen) atoms. The van der Waals surface area contributed by atoms with Crippen LogP contribution < -0.4 is 14.8 Å². The molecule has 1 amide bonds. The lowest BCUT2D eigenvalue weighted by atomic mass is 10.3. The fourth-order valence-corrected chi connectivity index (χ4v) is 2.00. The van der Waals surface area contributed by atoms with E-state index in [2.05, 4.69) is 5.32 Å². The summed E-state index contributed by atoms with van der Waals surface area (Å²) in [4.78, 5) is 11.8. The number of halogens is 1. The van der Waals surface area contributed by atoms with Crippen LogP contribution in [-0.4, -0.2) is 19.6 Å². The van der Waals surface area contributed by atoms with Crippen molar-refractivity contribution in [3.05, 3.63) is 53.6 Å². The van der Waals surface area contributed by atoms with Crippen molar-refractivity contribution in [3.8, 4) is 11.5 Å². The van der Waals surface area contributed by atoms with E-state index in [1.165, 1.54) is 0 Å². The number of carbonyl (C=O) groups is 1. The van der Waals surface area contributed by atoms with Gasteiger partial charge in [-0.05, 0) is 30.3 Å². The van der Waals surface area contributed by atoms with E-state index in [4.69, 9.17) is 21.1 Å². The molecular formula is C16H16ClNO3. The fraction of sp³-hybridized carbons (Fsp3) is 0.188. The van der Waals surface area contributed by atoms with E-state index < -0.39 is 0 Å². The Hall–Kier alpha value is -2.20. The Labute approximate surface area is 128 Å². The molecule has 5 heteroatoms. The van der Waals surface area contributed by atoms with Gasteiger partial charge in [-0.3, -0.25) is 4.79 Å². The van der Waals surface area contributed by atoms with Crippen LogP contribution in [0.15, 0.2) is 48.5 Å². The number of benzene rings is 2. The van der Waals surface area contributed by atoms with Crippen LogP contribution in [0.25, 0.3) is 0 Å². The van der Waals surface area contributed by atoms with Crippen molar-refractivity contribution in [2.45, 2.75) is 6.42 Å². The standard InChI is InChI=1S/C16H16ClNO3/c1-20-15-8-7-12(11-14(15)17)18-16(19)9-10-21-13-5-3-2-4-6-13/h2-8,11H,9-10H2,1H3,(H,18,19). The van der Waals surface area contributed by atoms with Gasteiger partial charge in [-0.1, -0.05) is 29.8 Å². The number of hydrogen-bond donors (Lipinski definition) is 1. The van der Waals surface area contributed by atoms with Gasteiger partial charge in [0.1, 0.15) is 11.5 Å². The second-order valence-electron chi connectivity index (χ2n) is 4.31. The fourth-order valence-electron chi connectivity index (χ4n) is 1.75. The van der Waals surface area contributed by atoms with E-state index in [9.17, 15) is 4.79 Å². The predicted molar refractivity (Wildman–Crippen MR) is 83.2 cm³/mol. The van der Waals surface area contributed by atoms with Crippen molar-refractivity contribution in [1.82, 2.24) is 0 Å². The molecule has 2 aromatic rings. The predicted octanol–water partition coefficient (Wildman–Crippen LogP) is 3.76. The first-order chi connectivity index (χ1) is 10.2. The number of rotatable bonds is 6. The minimum atomic E-state index is -0.132. The van der Waals surface area contributed by atoms with Crippen molar-refractivity contribution in [1.29, 1.82) is 0 Å². The molecule has 0 aliphatic carbocycles. The van der Waals surface area contributed by atoms with E-state index in [-0.39, 0.29) is 12.3 Å². The van der Waals surface area contributed by atoms with Gasteiger partial charge in [-0.25, -0.2) is 0 Å². The van der Waals surface area contributed by atoms with Crippen LogP contribution >= 0.6 is 11.6 Å². The molecule has 2 aromatic carbocycles. The van der Waals surface area contributed by atoms with Gasteiger partial charge in [0.15, 0.2) is 0 Å². The minimum Gasteiger partial charge on any atom is -0.495 e. The molecule has 0 saturated heterocycles. The SMILES string of the molecule is COc1ccc(NC(=O)CCOc2ccccc2)cc1Cl. The lowest BCUT2D eigenvalue weighted by Crippen LogP contribution is -2.15. The molecule has 0 aromatic heterocycles. The maximum Gasteiger partial charge on any atom is 0.227 e. The highest BCUT2D eigenvalue weighted by Gasteiger charge is 2.06. The Bertz CT molecular complexity index is 602. The van der Waals surface area contributed by atoms with Crippen LogP contribution in [0.4, 0.5) is 5.69 Å². The van der Waals surface area contributed by atoms with E-state index in [0.717, 1.165) is 5.75 Å². The number of para-hydroxylation sites is 1. The van der Waals surface area contributed by atoms with E-state index in [1.807, 2.05) is 30.3 Å². The minimum absolute atomic E-state index is 0.132. The Morgan fingerprint density at radius 3 is 2.62 bits per heavy atom. The first-order valence-electron chi connectivity index (χ1n) is 6.50. The molecule has 2 rings (SSSR count). The zero-order valence-electron chi connectivity index (χ0n) is 11.6. The molecule has 1 N–H and O–H groups in total. The zero-order valence-corrected chi connectivity index (χ0v) is 12.4. The molecule has 0 atom stereocenters. The maximum absolute atomic E-state index is 11.8. The van der Waals surface area contributed by atoms with Gasteiger partial charge >= 0.3 is 0 Å². The summed E-state index contributed by atoms with van der Waals surface area (Å²) in [6.07, 6.45) is 0.262. The van der Waals surface area contributed by atoms with E-state index >= 15 is 0 Å². The molecule has 0 saturated carbocycles. The van der Waals surface area contributed by atoms with Crippen molar-refractivity contribution in [2.75, 3.05) is 19.0 Å². The third-order valence-electron chi connectivity index (χ3n) is 2.78. The van der Waals surface area contributed by atoms with Crippen LogP contribution in [0.3, 0.4) is 0 Å². The van der Waals surface area contributed by atoms with Gasteiger partial charge < -0.3 is 14.8 Å². The quantitative estimate of drug-likeness (QED) is 0.884. The second-order valence-corrected chi connectivity index (χ2v) is 4.72. The van der Waals surface area contributed by atoms with Crippen LogP contribution in [0, 0.1) is 0 Å². The van der Waals surface area contributed by atoms with Gasteiger partial charge in [0.25, 0.3) is 0 Å². The Morgan fingerprint density at radius 1 is 1.19 bits per heavy atom. The van der Waals surface area contributed by atoms with Gasteiger partial charge in [-0.2, -0.15) is 0 Å². The summed E-state index contributed by atoms with van der Waals surface area (Å²) in [5.41, 5.74) is 0.630. The first-order valence-corrected chi connectivity index (χ1v) is 6.88. The number of amides is 1. The summed E-state index contributed by atoms with van der Waals surface area (Å²) in [5, 5.41) is 3.22. The molecule has 110 valence electrons. The average Bonchev–Trinajstić information content (AvgIpc) is 2.48. The topological polar surface area (TPSA) is 47.6 Å². The first kappa shape index (κ1) is 15.2. The molecule has 0 heterocycles. The number of hydrogen-bond acceptors (Lipinski definition) is 3. The molecule has 0 radical (unpaired) electrons. The van der Waals surface area contributed by atoms with Crippen LogP contribution in [-0.2, 0) is 4.79 Å². The third-order valence-corrected chi connectivity index (χ3v) is 3.07. The smallest absolute Gasteiger partial charge is 0.227 e. The number of ether oxygens (including phenoxy) is 2. The molecular weight excluding hydrogens is 290 g/mol. The van der Waals surface area contributed by atoms with Crippen molar-refractivity contribution in [2.24, 2.45) is 0 Å². The highest BCUT2D eigenvalue weighted by Crippen LogP contribution is 2.27. The molecule has 0 aliphatic rings. The average molecular weight is 306 g/mol. The highest BCUT2D eigenvalue weighted by molar-refractivity contribution is 6.32. The molecule has 0 unspecified atom stereocenters. The number of anilines is 1. The number of nitrogens with one attached hydrogen (secondary N) is 1. The number of methoxy groups -OCH3 is 1. The molecule has 4 nitrogen and oxygen atoms in total. The van der Waals surface area contributed by atoms with Crippen LogP contribution in [0.5, 0.6) is 11.5 Å². The second kappa shape index (κ2) is 7.55. The normalized spacial score (nSPS) is 10.0. The van der Waals surface area contributed by atoms with Gasteiger partial charge in [0.05, 0.1) is 25.2 Å². The summed E-state index contributed by atoms with van der Waals surface area (Å²) < 4.78 is 10.5. The summed E-state index contributed by atoms with van der Waals surface area (Å²) in [7, 11) is 1.54. The summed E-state index contributed by atoms with van der Waals surface area (Å²) in [6, 6.07) is 14.5. The lowest BCUT2D eigenvalue weighted by molar-refractivity contribution is -0.116. The third kappa shape index (κ3) is 4.68. The van der Waals surface area contributed by atoms with Crippen LogP contribution in [0.1, 0.15) is 6.42 Å². The Balaban J connectivity index is 1.80. The molecule has 0 aliphatic heterocycles. The molecule has 0 fully saturated rings. The summed E-state index contributed by atoms with van der Waals surface area (Å²) in [6.45, 7) is 0.319. The lowest BCUT2D eigenvalue weighted by Gasteiger charge is -2.09. The Kier molecular flexibility index (Phi) is 5.46. The Morgan fingerprint density at radius 2 is 1.95 bits per heavy atom. The monoisotopic (exact) mass is 305 g/mol. The van der Waals surface area contributed by atoms with Crippen molar-refractivity contribution in [3.63, 3.8) is 0 Å². The molecule has 0 spiro atoms. The zero-order chi connectivity index (χ0) is 15.1. The van der Waals surface area contributed by atoms with Crippen LogP contribution in [0.2, 0.25) is 5.02 Å². The maximum atomic E-state index is 11.8. The van der Waals surface area contributed by atoms with Gasteiger partial charge in [-0.15, -0.1) is 0 Å². The summed E-state index contributed by atoms with van der Waals surface area (Å²) in [5.74, 6) is 1.19. The van der Waals surface area contributed by atoms with Crippen molar-refractivity contribution < 1.29 is 14.3 Å². The van der Waals surface area contributed by atoms with E-state index in [1.54, 1.807) is 25.3 Å². The number of carbonyl (C=O) groups excluding carboxylic acids is 1. The highest BCUT2D eigenvalue weighted by atomic mass is 35.5. The molecule has 0 bridgehead atoms. The van der Waals surface area contributed by atoms with Gasteiger partial charge in [0, 0.05) is 5.69 Å². The van der Waals surface area contributed by atoms with Crippen molar-refractivity contribution >= 4 is 23.2 Å². The largest absolute Gasteiger partial charge is 0.495 e. The summed E-state index contributed by atoms with van der Waals surface area (Å²) >= 11 is 6.00. The van der Waals surface area contributed by atoms with Gasteiger partial charge in [0.2, 0.25) is 5.91 Å². The van der Waals surface area contributed by atoms with E-state index in [0.29, 0.717) is 23.1 Å².